The molecule has 1 saturated heterocycles. The van der Waals surface area contributed by atoms with Gasteiger partial charge in [0.2, 0.25) is 0 Å². The molecule has 1 amide bonds. The molecule has 0 saturated carbocycles. The largest absolute Gasteiger partial charge is 0.444 e. The Morgan fingerprint density at radius 2 is 1.90 bits per heavy atom. The fourth-order valence-corrected chi connectivity index (χ4v) is 3.69. The number of guanidine groups is 1. The molecule has 1 aliphatic heterocycles. The Bertz CT molecular complexity index is 712. The number of rotatable bonds is 7. The van der Waals surface area contributed by atoms with Crippen LogP contribution in [0.5, 0.6) is 0 Å². The number of hydrogen-bond acceptors (Lipinski definition) is 4. The van der Waals surface area contributed by atoms with Crippen LogP contribution in [0.1, 0.15) is 51.7 Å². The Morgan fingerprint density at radius 3 is 2.52 bits per heavy atom. The van der Waals surface area contributed by atoms with Crippen LogP contribution < -0.4 is 10.6 Å². The zero-order valence-electron chi connectivity index (χ0n) is 20.2. The summed E-state index contributed by atoms with van der Waals surface area (Å²) in [5, 5.41) is 6.87. The van der Waals surface area contributed by atoms with E-state index < -0.39 is 5.60 Å². The molecular weight excluding hydrogens is 390 g/mol. The van der Waals surface area contributed by atoms with E-state index in [1.54, 1.807) is 11.9 Å². The topological polar surface area (TPSA) is 69.2 Å². The molecule has 1 aromatic rings. The molecule has 0 radical (unpaired) electrons. The number of ether oxygens (including phenoxy) is 1. The van der Waals surface area contributed by atoms with Crippen LogP contribution in [-0.2, 0) is 17.8 Å². The van der Waals surface area contributed by atoms with Crippen molar-refractivity contribution < 1.29 is 9.53 Å². The highest BCUT2D eigenvalue weighted by Gasteiger charge is 2.20. The fourth-order valence-electron chi connectivity index (χ4n) is 3.69. The molecule has 0 aliphatic carbocycles. The highest BCUT2D eigenvalue weighted by molar-refractivity contribution is 5.79. The van der Waals surface area contributed by atoms with E-state index in [0.29, 0.717) is 19.0 Å². The Balaban J connectivity index is 1.76. The number of amides is 1. The summed E-state index contributed by atoms with van der Waals surface area (Å²) in [4.78, 5) is 20.6. The summed E-state index contributed by atoms with van der Waals surface area (Å²) >= 11 is 0. The average molecular weight is 432 g/mol. The lowest BCUT2D eigenvalue weighted by atomic mass is 9.98. The standard InChI is InChI=1S/C24H41N5O2/c1-7-29-14-8-9-21(18-29)16-27-22(25-5)26-15-19-10-12-20(13-11-19)17-28(6)23(30)31-24(2,3)4/h10-13,21H,7-9,14-18H2,1-6H3,(H2,25,26,27). The maximum Gasteiger partial charge on any atom is 0.410 e. The van der Waals surface area contributed by atoms with Crippen LogP contribution in [0.4, 0.5) is 4.79 Å². The van der Waals surface area contributed by atoms with E-state index in [1.165, 1.54) is 31.5 Å². The lowest BCUT2D eigenvalue weighted by Gasteiger charge is -2.32. The summed E-state index contributed by atoms with van der Waals surface area (Å²) < 4.78 is 5.41. The summed E-state index contributed by atoms with van der Waals surface area (Å²) in [6.07, 6.45) is 2.25. The second kappa shape index (κ2) is 11.9. The van der Waals surface area contributed by atoms with E-state index in [9.17, 15) is 4.79 Å². The molecule has 1 fully saturated rings. The number of piperidine rings is 1. The normalized spacial score (nSPS) is 17.9. The van der Waals surface area contributed by atoms with Crippen molar-refractivity contribution in [1.82, 2.24) is 20.4 Å². The first kappa shape index (κ1) is 25.0. The molecule has 2 N–H and O–H groups in total. The zero-order chi connectivity index (χ0) is 22.9. The van der Waals surface area contributed by atoms with Gasteiger partial charge in [-0.3, -0.25) is 4.99 Å². The minimum absolute atomic E-state index is 0.312. The van der Waals surface area contributed by atoms with E-state index in [2.05, 4.69) is 51.7 Å². The molecule has 0 aromatic heterocycles. The molecule has 1 heterocycles. The molecule has 2 rings (SSSR count). The Kier molecular flexibility index (Phi) is 9.62. The van der Waals surface area contributed by atoms with Crippen LogP contribution >= 0.6 is 0 Å². The smallest absolute Gasteiger partial charge is 0.410 e. The molecule has 1 unspecified atom stereocenters. The minimum atomic E-state index is -0.486. The second-order valence-electron chi connectivity index (χ2n) is 9.36. The van der Waals surface area contributed by atoms with Gasteiger partial charge >= 0.3 is 6.09 Å². The monoisotopic (exact) mass is 431 g/mol. The zero-order valence-corrected chi connectivity index (χ0v) is 20.2. The van der Waals surface area contributed by atoms with E-state index in [1.807, 2.05) is 27.8 Å². The van der Waals surface area contributed by atoms with Crippen molar-refractivity contribution in [2.24, 2.45) is 10.9 Å². The number of hydrogen-bond donors (Lipinski definition) is 2. The van der Waals surface area contributed by atoms with Gasteiger partial charge in [0.1, 0.15) is 5.60 Å². The van der Waals surface area contributed by atoms with Gasteiger partial charge in [-0.05, 0) is 63.7 Å². The number of nitrogens with one attached hydrogen (secondary N) is 2. The summed E-state index contributed by atoms with van der Waals surface area (Å²) in [5.74, 6) is 1.51. The second-order valence-corrected chi connectivity index (χ2v) is 9.36. The van der Waals surface area contributed by atoms with Gasteiger partial charge in [0.15, 0.2) is 5.96 Å². The summed E-state index contributed by atoms with van der Waals surface area (Å²) in [6, 6.07) is 8.27. The van der Waals surface area contributed by atoms with Crippen molar-refractivity contribution in [3.63, 3.8) is 0 Å². The third-order valence-corrected chi connectivity index (χ3v) is 5.44. The molecule has 0 bridgehead atoms. The molecule has 1 aliphatic rings. The van der Waals surface area contributed by atoms with E-state index in [4.69, 9.17) is 4.74 Å². The van der Waals surface area contributed by atoms with Gasteiger partial charge in [-0.2, -0.15) is 0 Å². The molecular formula is C24H41N5O2. The van der Waals surface area contributed by atoms with Crippen molar-refractivity contribution >= 4 is 12.1 Å². The van der Waals surface area contributed by atoms with Gasteiger partial charge < -0.3 is 25.2 Å². The fraction of sp³-hybridized carbons (Fsp3) is 0.667. The lowest BCUT2D eigenvalue weighted by Crippen LogP contribution is -2.44. The summed E-state index contributed by atoms with van der Waals surface area (Å²) in [5.41, 5.74) is 1.75. The maximum atomic E-state index is 12.1. The van der Waals surface area contributed by atoms with Gasteiger partial charge in [-0.1, -0.05) is 31.2 Å². The van der Waals surface area contributed by atoms with E-state index in [0.717, 1.165) is 24.6 Å². The molecule has 7 heteroatoms. The summed E-state index contributed by atoms with van der Waals surface area (Å²) in [7, 11) is 3.56. The number of carbonyl (C=O) groups excluding carboxylic acids is 1. The molecule has 1 aromatic carbocycles. The van der Waals surface area contributed by atoms with E-state index in [-0.39, 0.29) is 6.09 Å². The molecule has 1 atom stereocenters. The predicted molar refractivity (Wildman–Crippen MR) is 127 cm³/mol. The predicted octanol–water partition coefficient (Wildman–Crippen LogP) is 3.45. The van der Waals surface area contributed by atoms with Crippen molar-refractivity contribution in [2.45, 2.75) is 59.2 Å². The third kappa shape index (κ3) is 9.17. The number of likely N-dealkylation sites (tertiary alicyclic amines) is 1. The molecule has 174 valence electrons. The SMILES string of the molecule is CCN1CCCC(CNC(=NC)NCc2ccc(CN(C)C(=O)OC(C)(C)C)cc2)C1. The molecule has 0 spiro atoms. The van der Waals surface area contributed by atoms with Crippen LogP contribution in [0.2, 0.25) is 0 Å². The first-order valence-electron chi connectivity index (χ1n) is 11.4. The first-order valence-corrected chi connectivity index (χ1v) is 11.4. The van der Waals surface area contributed by atoms with Gasteiger partial charge in [-0.15, -0.1) is 0 Å². The first-order chi connectivity index (χ1) is 14.7. The van der Waals surface area contributed by atoms with Crippen molar-refractivity contribution in [1.29, 1.82) is 0 Å². The van der Waals surface area contributed by atoms with Crippen LogP contribution in [0.3, 0.4) is 0 Å². The highest BCUT2D eigenvalue weighted by atomic mass is 16.6. The Labute approximate surface area is 188 Å². The number of carbonyl (C=O) groups is 1. The number of nitrogens with zero attached hydrogens (tertiary/aromatic N) is 3. The van der Waals surface area contributed by atoms with Crippen molar-refractivity contribution in [2.75, 3.05) is 40.3 Å². The summed E-state index contributed by atoms with van der Waals surface area (Å²) in [6.45, 7) is 13.5. The minimum Gasteiger partial charge on any atom is -0.444 e. The highest BCUT2D eigenvalue weighted by Crippen LogP contribution is 2.15. The molecule has 7 nitrogen and oxygen atoms in total. The molecule has 31 heavy (non-hydrogen) atoms. The van der Waals surface area contributed by atoms with Crippen molar-refractivity contribution in [3.05, 3.63) is 35.4 Å². The maximum absolute atomic E-state index is 12.1. The van der Waals surface area contributed by atoms with Crippen LogP contribution in [0.25, 0.3) is 0 Å². The van der Waals surface area contributed by atoms with Crippen LogP contribution in [-0.4, -0.2) is 67.7 Å². The third-order valence-electron chi connectivity index (χ3n) is 5.44. The van der Waals surface area contributed by atoms with Crippen LogP contribution in [0, 0.1) is 5.92 Å². The van der Waals surface area contributed by atoms with Gasteiger partial charge in [0.25, 0.3) is 0 Å². The Hall–Kier alpha value is -2.28. The number of aliphatic imine (C=N–C) groups is 1. The van der Waals surface area contributed by atoms with Crippen molar-refractivity contribution in [3.8, 4) is 0 Å². The van der Waals surface area contributed by atoms with Crippen LogP contribution in [0.15, 0.2) is 29.3 Å². The van der Waals surface area contributed by atoms with E-state index >= 15 is 0 Å². The van der Waals surface area contributed by atoms with Gasteiger partial charge in [0, 0.05) is 40.3 Å². The lowest BCUT2D eigenvalue weighted by molar-refractivity contribution is 0.0285. The quantitative estimate of drug-likeness (QED) is 0.511. The van der Waals surface area contributed by atoms with Gasteiger partial charge in [0.05, 0.1) is 0 Å². The number of benzene rings is 1. The Morgan fingerprint density at radius 1 is 1.23 bits per heavy atom. The average Bonchev–Trinajstić information content (AvgIpc) is 2.74. The van der Waals surface area contributed by atoms with Gasteiger partial charge in [-0.25, -0.2) is 4.79 Å².